The maximum absolute atomic E-state index is 12.8. The van der Waals surface area contributed by atoms with Gasteiger partial charge in [-0.1, -0.05) is 0 Å². The van der Waals surface area contributed by atoms with Gasteiger partial charge in [0.1, 0.15) is 17.3 Å². The molecule has 14 heavy (non-hydrogen) atoms. The van der Waals surface area contributed by atoms with Crippen molar-refractivity contribution in [3.63, 3.8) is 0 Å². The van der Waals surface area contributed by atoms with E-state index in [4.69, 9.17) is 0 Å². The zero-order chi connectivity index (χ0) is 10.6. The average molecular weight is 196 g/mol. The minimum atomic E-state index is -0.508. The number of ether oxygens (including phenoxy) is 1. The Hall–Kier alpha value is -1.84. The van der Waals surface area contributed by atoms with Crippen molar-refractivity contribution in [3.8, 4) is 5.75 Å². The van der Waals surface area contributed by atoms with E-state index in [-0.39, 0.29) is 23.5 Å². The highest BCUT2D eigenvalue weighted by Gasteiger charge is 2.08. The molecule has 1 aromatic rings. The second-order valence-corrected chi connectivity index (χ2v) is 2.53. The predicted octanol–water partition coefficient (Wildman–Crippen LogP) is 2.28. The average Bonchev–Trinajstić information content (AvgIpc) is 2.20. The largest absolute Gasteiger partial charge is 0.508 e. The highest BCUT2D eigenvalue weighted by Crippen LogP contribution is 2.24. The topological polar surface area (TPSA) is 46.5 Å². The van der Waals surface area contributed by atoms with Crippen LogP contribution in [-0.2, 0) is 4.79 Å². The molecule has 74 valence electrons. The van der Waals surface area contributed by atoms with Gasteiger partial charge in [0.05, 0.1) is 5.56 Å². The van der Waals surface area contributed by atoms with Gasteiger partial charge in [0.25, 0.3) is 6.47 Å². The second kappa shape index (κ2) is 4.41. The normalized spacial score (nSPS) is 11.1. The third-order valence-corrected chi connectivity index (χ3v) is 1.67. The Morgan fingerprint density at radius 3 is 2.86 bits per heavy atom. The Morgan fingerprint density at radius 1 is 1.57 bits per heavy atom. The Balaban J connectivity index is 3.22. The van der Waals surface area contributed by atoms with Crippen LogP contribution in [0.15, 0.2) is 24.3 Å². The van der Waals surface area contributed by atoms with E-state index in [1.807, 2.05) is 0 Å². The predicted molar refractivity (Wildman–Crippen MR) is 49.4 cm³/mol. The summed E-state index contributed by atoms with van der Waals surface area (Å²) in [6, 6.07) is 3.51. The van der Waals surface area contributed by atoms with Crippen LogP contribution >= 0.6 is 0 Å². The van der Waals surface area contributed by atoms with E-state index < -0.39 is 5.82 Å². The number of carbonyl (C=O) groups excluding carboxylic acids is 1. The van der Waals surface area contributed by atoms with E-state index >= 15 is 0 Å². The summed E-state index contributed by atoms with van der Waals surface area (Å²) in [5.74, 6) is -0.523. The Bertz CT molecular complexity index is 372. The molecular weight excluding hydrogens is 187 g/mol. The molecule has 0 aliphatic rings. The molecule has 0 bridgehead atoms. The number of aliphatic hydroxyl groups excluding tert-OH is 1. The van der Waals surface area contributed by atoms with Crippen molar-refractivity contribution in [3.05, 3.63) is 35.7 Å². The molecule has 0 fully saturated rings. The lowest BCUT2D eigenvalue weighted by Crippen LogP contribution is -1.95. The van der Waals surface area contributed by atoms with Crippen molar-refractivity contribution in [2.45, 2.75) is 6.92 Å². The fraction of sp³-hybridized carbons (Fsp3) is 0.100. The first-order valence-electron chi connectivity index (χ1n) is 3.94. The monoisotopic (exact) mass is 196 g/mol. The minimum absolute atomic E-state index is 0.122. The maximum Gasteiger partial charge on any atom is 0.298 e. The molecule has 1 N–H and O–H groups in total. The molecule has 0 heterocycles. The quantitative estimate of drug-likeness (QED) is 0.595. The second-order valence-electron chi connectivity index (χ2n) is 2.53. The van der Waals surface area contributed by atoms with Gasteiger partial charge in [0, 0.05) is 0 Å². The van der Waals surface area contributed by atoms with E-state index in [0.717, 1.165) is 12.1 Å². The van der Waals surface area contributed by atoms with Crippen LogP contribution in [0.3, 0.4) is 0 Å². The molecule has 0 saturated carbocycles. The molecule has 1 aromatic carbocycles. The smallest absolute Gasteiger partial charge is 0.298 e. The van der Waals surface area contributed by atoms with Gasteiger partial charge in [-0.05, 0) is 31.2 Å². The van der Waals surface area contributed by atoms with Crippen molar-refractivity contribution in [1.29, 1.82) is 0 Å². The van der Waals surface area contributed by atoms with Crippen LogP contribution < -0.4 is 4.74 Å². The van der Waals surface area contributed by atoms with E-state index in [9.17, 15) is 14.3 Å². The lowest BCUT2D eigenvalue weighted by Gasteiger charge is -2.05. The summed E-state index contributed by atoms with van der Waals surface area (Å²) >= 11 is 0. The van der Waals surface area contributed by atoms with Crippen LogP contribution in [0.4, 0.5) is 4.39 Å². The van der Waals surface area contributed by atoms with Crippen LogP contribution in [0.25, 0.3) is 5.76 Å². The Kier molecular flexibility index (Phi) is 3.23. The van der Waals surface area contributed by atoms with Crippen LogP contribution in [-0.4, -0.2) is 11.6 Å². The van der Waals surface area contributed by atoms with Gasteiger partial charge >= 0.3 is 0 Å². The highest BCUT2D eigenvalue weighted by atomic mass is 19.1. The minimum Gasteiger partial charge on any atom is -0.508 e. The number of hydrogen-bond donors (Lipinski definition) is 1. The fourth-order valence-electron chi connectivity index (χ4n) is 1.01. The number of aliphatic hydroxyl groups is 1. The first kappa shape index (κ1) is 10.2. The van der Waals surface area contributed by atoms with Crippen LogP contribution in [0.2, 0.25) is 0 Å². The summed E-state index contributed by atoms with van der Waals surface area (Å²) in [5, 5.41) is 9.36. The number of benzene rings is 1. The molecule has 4 heteroatoms. The molecule has 0 radical (unpaired) electrons. The number of rotatable bonds is 3. The molecule has 3 nitrogen and oxygen atoms in total. The molecule has 0 aliphatic carbocycles. The summed E-state index contributed by atoms with van der Waals surface area (Å²) in [5.41, 5.74) is 0.152. The van der Waals surface area contributed by atoms with E-state index in [1.54, 1.807) is 6.92 Å². The van der Waals surface area contributed by atoms with Gasteiger partial charge in [0.2, 0.25) is 0 Å². The molecule has 0 spiro atoms. The zero-order valence-electron chi connectivity index (χ0n) is 7.53. The summed E-state index contributed by atoms with van der Waals surface area (Å²) in [4.78, 5) is 10.1. The molecule has 0 amide bonds. The van der Waals surface area contributed by atoms with Gasteiger partial charge in [-0.2, -0.15) is 0 Å². The summed E-state index contributed by atoms with van der Waals surface area (Å²) < 4.78 is 17.4. The van der Waals surface area contributed by atoms with Crippen molar-refractivity contribution in [2.24, 2.45) is 0 Å². The maximum atomic E-state index is 12.8. The van der Waals surface area contributed by atoms with Crippen molar-refractivity contribution in [1.82, 2.24) is 0 Å². The number of allylic oxidation sites excluding steroid dienone is 1. The highest BCUT2D eigenvalue weighted by molar-refractivity contribution is 5.66. The van der Waals surface area contributed by atoms with Gasteiger partial charge < -0.3 is 9.84 Å². The standard InChI is InChI=1S/C10H9FO3/c1-2-9(13)8-5-7(11)3-4-10(8)14-6-12/h2-6,13H,1H3/b9-2+. The van der Waals surface area contributed by atoms with Gasteiger partial charge in [-0.25, -0.2) is 4.39 Å². The summed E-state index contributed by atoms with van der Waals surface area (Å²) in [7, 11) is 0. The van der Waals surface area contributed by atoms with Crippen molar-refractivity contribution >= 4 is 12.2 Å². The van der Waals surface area contributed by atoms with Gasteiger partial charge in [0.15, 0.2) is 0 Å². The van der Waals surface area contributed by atoms with Crippen molar-refractivity contribution in [2.75, 3.05) is 0 Å². The lowest BCUT2D eigenvalue weighted by atomic mass is 10.1. The number of halogens is 1. The number of hydrogen-bond acceptors (Lipinski definition) is 3. The third kappa shape index (κ3) is 2.10. The van der Waals surface area contributed by atoms with Crippen LogP contribution in [0.5, 0.6) is 5.75 Å². The van der Waals surface area contributed by atoms with E-state index in [1.165, 1.54) is 12.1 Å². The molecule has 0 unspecified atom stereocenters. The molecule has 1 rings (SSSR count). The third-order valence-electron chi connectivity index (χ3n) is 1.67. The molecule has 0 aromatic heterocycles. The fourth-order valence-corrected chi connectivity index (χ4v) is 1.01. The van der Waals surface area contributed by atoms with Crippen molar-refractivity contribution < 1.29 is 19.0 Å². The van der Waals surface area contributed by atoms with Crippen LogP contribution in [0, 0.1) is 5.82 Å². The Labute approximate surface area is 80.4 Å². The van der Waals surface area contributed by atoms with Crippen LogP contribution in [0.1, 0.15) is 12.5 Å². The Morgan fingerprint density at radius 2 is 2.29 bits per heavy atom. The summed E-state index contributed by atoms with van der Waals surface area (Å²) in [6.45, 7) is 1.81. The zero-order valence-corrected chi connectivity index (χ0v) is 7.53. The SMILES string of the molecule is C/C=C(/O)c1cc(F)ccc1OC=O. The molecular formula is C10H9FO3. The summed E-state index contributed by atoms with van der Waals surface area (Å²) in [6.07, 6.45) is 1.38. The van der Waals surface area contributed by atoms with E-state index in [2.05, 4.69) is 4.74 Å². The van der Waals surface area contributed by atoms with E-state index in [0.29, 0.717) is 0 Å². The van der Waals surface area contributed by atoms with Gasteiger partial charge in [-0.3, -0.25) is 4.79 Å². The first-order chi connectivity index (χ1) is 6.69. The number of carbonyl (C=O) groups is 1. The van der Waals surface area contributed by atoms with Gasteiger partial charge in [-0.15, -0.1) is 0 Å². The molecule has 0 saturated heterocycles. The lowest BCUT2D eigenvalue weighted by molar-refractivity contribution is -0.120. The first-order valence-corrected chi connectivity index (χ1v) is 3.94. The molecule has 0 aliphatic heterocycles. The molecule has 0 atom stereocenters.